The van der Waals surface area contributed by atoms with Crippen LogP contribution in [-0.4, -0.2) is 42.0 Å². The first-order valence-corrected chi connectivity index (χ1v) is 9.90. The van der Waals surface area contributed by atoms with Crippen LogP contribution in [0.5, 0.6) is 0 Å². The summed E-state index contributed by atoms with van der Waals surface area (Å²) in [6.07, 6.45) is 1.13. The molecule has 6 heteroatoms. The van der Waals surface area contributed by atoms with Crippen LogP contribution in [-0.2, 0) is 11.2 Å². The number of nitrogens with zero attached hydrogens (tertiary/aromatic N) is 2. The molecule has 4 rings (SSSR count). The molecule has 1 aromatic heterocycles. The number of amides is 1. The summed E-state index contributed by atoms with van der Waals surface area (Å²) in [5.41, 5.74) is 3.50. The second kappa shape index (κ2) is 8.07. The van der Waals surface area contributed by atoms with Crippen LogP contribution in [0.2, 0.25) is 0 Å². The Balaban J connectivity index is 1.33. The number of hydrogen-bond donors (Lipinski definition) is 1. The molecule has 1 N–H and O–H groups in total. The molecule has 1 aliphatic heterocycles. The van der Waals surface area contributed by atoms with Crippen LogP contribution in [0, 0.1) is 12.7 Å². The van der Waals surface area contributed by atoms with Gasteiger partial charge in [-0.1, -0.05) is 6.07 Å². The second-order valence-electron chi connectivity index (χ2n) is 7.55. The van der Waals surface area contributed by atoms with Crippen LogP contribution >= 0.6 is 0 Å². The van der Waals surface area contributed by atoms with Crippen LogP contribution < -0.4 is 10.5 Å². The largest absolute Gasteiger partial charge is 0.368 e. The van der Waals surface area contributed by atoms with Gasteiger partial charge in [-0.3, -0.25) is 9.59 Å². The highest BCUT2D eigenvalue weighted by Crippen LogP contribution is 2.18. The quantitative estimate of drug-likeness (QED) is 0.740. The standard InChI is InChI=1S/C23H24FN3O2/c1-16-14-18-15-17(2-8-21(18)25-23(16)29)3-9-22(28)27-12-10-26(11-13-27)20-6-4-19(24)5-7-20/h2,4-8,14-15H,3,9-13H2,1H3,(H,25,29). The summed E-state index contributed by atoms with van der Waals surface area (Å²) < 4.78 is 13.1. The van der Waals surface area contributed by atoms with Crippen LogP contribution in [0.25, 0.3) is 10.9 Å². The lowest BCUT2D eigenvalue weighted by Gasteiger charge is -2.36. The van der Waals surface area contributed by atoms with Crippen LogP contribution in [0.4, 0.5) is 10.1 Å². The number of piperazine rings is 1. The number of aromatic amines is 1. The number of anilines is 1. The maximum absolute atomic E-state index is 13.1. The van der Waals surface area contributed by atoms with Crippen molar-refractivity contribution in [3.05, 3.63) is 75.8 Å². The van der Waals surface area contributed by atoms with E-state index in [1.807, 2.05) is 29.2 Å². The summed E-state index contributed by atoms with van der Waals surface area (Å²) in [4.78, 5) is 31.3. The molecule has 5 nitrogen and oxygen atoms in total. The molecule has 1 amide bonds. The Morgan fingerprint density at radius 3 is 2.48 bits per heavy atom. The minimum Gasteiger partial charge on any atom is -0.368 e. The van der Waals surface area contributed by atoms with Crippen molar-refractivity contribution in [3.8, 4) is 0 Å². The lowest BCUT2D eigenvalue weighted by Crippen LogP contribution is -2.48. The molecule has 0 radical (unpaired) electrons. The fraction of sp³-hybridized carbons (Fsp3) is 0.304. The molecule has 0 bridgehead atoms. The predicted octanol–water partition coefficient (Wildman–Crippen LogP) is 3.26. The van der Waals surface area contributed by atoms with Crippen molar-refractivity contribution in [2.24, 2.45) is 0 Å². The van der Waals surface area contributed by atoms with E-state index in [9.17, 15) is 14.0 Å². The van der Waals surface area contributed by atoms with Gasteiger partial charge in [0, 0.05) is 49.4 Å². The number of aryl methyl sites for hydroxylation is 2. The molecule has 0 saturated carbocycles. The van der Waals surface area contributed by atoms with Crippen molar-refractivity contribution >= 4 is 22.5 Å². The Morgan fingerprint density at radius 1 is 1.03 bits per heavy atom. The van der Waals surface area contributed by atoms with Gasteiger partial charge in [-0.15, -0.1) is 0 Å². The van der Waals surface area contributed by atoms with Crippen molar-refractivity contribution in [2.45, 2.75) is 19.8 Å². The Labute approximate surface area is 168 Å². The fourth-order valence-corrected chi connectivity index (χ4v) is 3.80. The Kier molecular flexibility index (Phi) is 5.34. The molecule has 1 fully saturated rings. The van der Waals surface area contributed by atoms with Crippen molar-refractivity contribution in [1.29, 1.82) is 0 Å². The molecule has 0 spiro atoms. The monoisotopic (exact) mass is 393 g/mol. The number of fused-ring (bicyclic) bond motifs is 1. The van der Waals surface area contributed by atoms with Crippen molar-refractivity contribution in [3.63, 3.8) is 0 Å². The van der Waals surface area contributed by atoms with Gasteiger partial charge in [0.15, 0.2) is 0 Å². The molecule has 150 valence electrons. The minimum atomic E-state index is -0.238. The fourth-order valence-electron chi connectivity index (χ4n) is 3.80. The maximum Gasteiger partial charge on any atom is 0.251 e. The summed E-state index contributed by atoms with van der Waals surface area (Å²) in [6, 6.07) is 14.3. The first-order chi connectivity index (χ1) is 14.0. The van der Waals surface area contributed by atoms with E-state index in [-0.39, 0.29) is 17.3 Å². The van der Waals surface area contributed by atoms with Gasteiger partial charge in [-0.05, 0) is 66.8 Å². The third-order valence-corrected chi connectivity index (χ3v) is 5.55. The van der Waals surface area contributed by atoms with Crippen molar-refractivity contribution < 1.29 is 9.18 Å². The van der Waals surface area contributed by atoms with Crippen LogP contribution in [0.15, 0.2) is 53.3 Å². The topological polar surface area (TPSA) is 56.4 Å². The molecule has 3 aromatic rings. The van der Waals surface area contributed by atoms with E-state index >= 15 is 0 Å². The summed E-state index contributed by atoms with van der Waals surface area (Å²) in [5.74, 6) is -0.0840. The molecule has 29 heavy (non-hydrogen) atoms. The summed E-state index contributed by atoms with van der Waals surface area (Å²) in [6.45, 7) is 4.64. The molecule has 0 atom stereocenters. The van der Waals surface area contributed by atoms with Gasteiger partial charge in [0.05, 0.1) is 0 Å². The van der Waals surface area contributed by atoms with E-state index in [0.29, 0.717) is 31.5 Å². The number of halogens is 1. The third-order valence-electron chi connectivity index (χ3n) is 5.55. The van der Waals surface area contributed by atoms with E-state index in [1.54, 1.807) is 19.1 Å². The van der Waals surface area contributed by atoms with E-state index in [4.69, 9.17) is 0 Å². The van der Waals surface area contributed by atoms with Gasteiger partial charge >= 0.3 is 0 Å². The number of H-pyrrole nitrogens is 1. The molecule has 1 aliphatic rings. The number of aromatic nitrogens is 1. The zero-order valence-corrected chi connectivity index (χ0v) is 16.5. The maximum atomic E-state index is 13.1. The van der Waals surface area contributed by atoms with E-state index in [2.05, 4.69) is 9.88 Å². The third kappa shape index (κ3) is 4.31. The van der Waals surface area contributed by atoms with Gasteiger partial charge in [0.25, 0.3) is 5.56 Å². The summed E-state index contributed by atoms with van der Waals surface area (Å²) in [5, 5.41) is 0.986. The highest BCUT2D eigenvalue weighted by molar-refractivity contribution is 5.80. The Hall–Kier alpha value is -3.15. The van der Waals surface area contributed by atoms with E-state index in [0.717, 1.165) is 35.2 Å². The Bertz CT molecular complexity index is 1080. The van der Waals surface area contributed by atoms with Gasteiger partial charge in [0.1, 0.15) is 5.82 Å². The predicted molar refractivity (Wildman–Crippen MR) is 113 cm³/mol. The van der Waals surface area contributed by atoms with Gasteiger partial charge in [-0.25, -0.2) is 4.39 Å². The molecule has 0 unspecified atom stereocenters. The minimum absolute atomic E-state index is 0.0693. The number of rotatable bonds is 4. The van der Waals surface area contributed by atoms with Crippen molar-refractivity contribution in [2.75, 3.05) is 31.1 Å². The smallest absolute Gasteiger partial charge is 0.251 e. The lowest BCUT2D eigenvalue weighted by atomic mass is 10.0. The van der Waals surface area contributed by atoms with E-state index in [1.165, 1.54) is 12.1 Å². The number of carbonyl (C=O) groups excluding carboxylic acids is 1. The average Bonchev–Trinajstić information content (AvgIpc) is 2.73. The van der Waals surface area contributed by atoms with E-state index < -0.39 is 0 Å². The zero-order valence-electron chi connectivity index (χ0n) is 16.5. The van der Waals surface area contributed by atoms with Gasteiger partial charge < -0.3 is 14.8 Å². The molecule has 0 aliphatic carbocycles. The first kappa shape index (κ1) is 19.2. The second-order valence-corrected chi connectivity index (χ2v) is 7.55. The normalized spacial score (nSPS) is 14.4. The number of pyridine rings is 1. The molecular weight excluding hydrogens is 369 g/mol. The summed E-state index contributed by atoms with van der Waals surface area (Å²) in [7, 11) is 0. The van der Waals surface area contributed by atoms with Crippen LogP contribution in [0.3, 0.4) is 0 Å². The number of carbonyl (C=O) groups is 1. The van der Waals surface area contributed by atoms with Gasteiger partial charge in [0.2, 0.25) is 5.91 Å². The highest BCUT2D eigenvalue weighted by atomic mass is 19.1. The number of benzene rings is 2. The zero-order chi connectivity index (χ0) is 20.4. The average molecular weight is 393 g/mol. The summed E-state index contributed by atoms with van der Waals surface area (Å²) >= 11 is 0. The molecular formula is C23H24FN3O2. The van der Waals surface area contributed by atoms with Gasteiger partial charge in [-0.2, -0.15) is 0 Å². The SMILES string of the molecule is Cc1cc2cc(CCC(=O)N3CCN(c4ccc(F)cc4)CC3)ccc2[nH]c1=O. The lowest BCUT2D eigenvalue weighted by molar-refractivity contribution is -0.131. The number of nitrogens with one attached hydrogen (secondary N) is 1. The first-order valence-electron chi connectivity index (χ1n) is 9.90. The van der Waals surface area contributed by atoms with Crippen LogP contribution in [0.1, 0.15) is 17.5 Å². The highest BCUT2D eigenvalue weighted by Gasteiger charge is 2.21. The molecule has 2 aromatic carbocycles. The molecule has 1 saturated heterocycles. The van der Waals surface area contributed by atoms with Crippen molar-refractivity contribution in [1.82, 2.24) is 9.88 Å². The number of hydrogen-bond acceptors (Lipinski definition) is 3. The Morgan fingerprint density at radius 2 is 1.76 bits per heavy atom. The molecule has 2 heterocycles.